The highest BCUT2D eigenvalue weighted by Gasteiger charge is 2.17. The molecule has 1 saturated heterocycles. The summed E-state index contributed by atoms with van der Waals surface area (Å²) in [5.74, 6) is 0.856. The van der Waals surface area contributed by atoms with E-state index >= 15 is 0 Å². The smallest absolute Gasteiger partial charge is 0.00417 e. The second-order valence-electron chi connectivity index (χ2n) is 4.95. The summed E-state index contributed by atoms with van der Waals surface area (Å²) in [5.41, 5.74) is 0. The minimum atomic E-state index is 0.634. The van der Waals surface area contributed by atoms with Crippen molar-refractivity contribution in [3.63, 3.8) is 0 Å². The Labute approximate surface area is 94.7 Å². The van der Waals surface area contributed by atoms with Gasteiger partial charge < -0.3 is 10.2 Å². The van der Waals surface area contributed by atoms with Gasteiger partial charge in [-0.1, -0.05) is 6.08 Å². The van der Waals surface area contributed by atoms with E-state index in [1.165, 1.54) is 38.9 Å². The van der Waals surface area contributed by atoms with Crippen LogP contribution >= 0.6 is 0 Å². The molecule has 1 rings (SSSR count). The number of hydrogen-bond donors (Lipinski definition) is 1. The van der Waals surface area contributed by atoms with Gasteiger partial charge in [0, 0.05) is 12.6 Å². The topological polar surface area (TPSA) is 15.3 Å². The molecule has 0 aromatic heterocycles. The highest BCUT2D eigenvalue weighted by atomic mass is 15.1. The van der Waals surface area contributed by atoms with Crippen molar-refractivity contribution in [2.75, 3.05) is 26.7 Å². The maximum Gasteiger partial charge on any atom is 0.00417 e. The Kier molecular flexibility index (Phi) is 5.96. The first-order valence-corrected chi connectivity index (χ1v) is 6.25. The highest BCUT2D eigenvalue weighted by molar-refractivity contribution is 4.75. The van der Waals surface area contributed by atoms with Gasteiger partial charge in [-0.05, 0) is 58.7 Å². The quantitative estimate of drug-likeness (QED) is 0.677. The van der Waals surface area contributed by atoms with Gasteiger partial charge in [-0.25, -0.2) is 0 Å². The van der Waals surface area contributed by atoms with Gasteiger partial charge in [-0.3, -0.25) is 0 Å². The molecule has 2 heteroatoms. The molecule has 1 heterocycles. The van der Waals surface area contributed by atoms with Crippen LogP contribution < -0.4 is 5.32 Å². The average Bonchev–Trinajstić information content (AvgIpc) is 2.23. The molecule has 1 aliphatic rings. The summed E-state index contributed by atoms with van der Waals surface area (Å²) >= 11 is 0. The van der Waals surface area contributed by atoms with E-state index in [0.29, 0.717) is 6.04 Å². The predicted molar refractivity (Wildman–Crippen MR) is 67.1 cm³/mol. The summed E-state index contributed by atoms with van der Waals surface area (Å²) in [6, 6.07) is 0.634. The van der Waals surface area contributed by atoms with Crippen LogP contribution in [0, 0.1) is 5.92 Å². The van der Waals surface area contributed by atoms with Crippen molar-refractivity contribution >= 4 is 0 Å². The van der Waals surface area contributed by atoms with Crippen LogP contribution in [0.15, 0.2) is 12.7 Å². The lowest BCUT2D eigenvalue weighted by Crippen LogP contribution is -2.39. The van der Waals surface area contributed by atoms with Crippen molar-refractivity contribution in [2.24, 2.45) is 5.92 Å². The Morgan fingerprint density at radius 3 is 3.07 bits per heavy atom. The molecule has 2 atom stereocenters. The second-order valence-corrected chi connectivity index (χ2v) is 4.95. The molecule has 2 nitrogen and oxygen atoms in total. The number of nitrogens with one attached hydrogen (secondary N) is 1. The van der Waals surface area contributed by atoms with Crippen molar-refractivity contribution in [2.45, 2.75) is 38.6 Å². The number of likely N-dealkylation sites (tertiary alicyclic amines) is 1. The lowest BCUT2D eigenvalue weighted by atomic mass is 9.98. The summed E-state index contributed by atoms with van der Waals surface area (Å²) in [5, 5.41) is 3.63. The number of hydrogen-bond acceptors (Lipinski definition) is 2. The molecule has 0 spiro atoms. The van der Waals surface area contributed by atoms with Crippen molar-refractivity contribution in [3.8, 4) is 0 Å². The molecule has 0 radical (unpaired) electrons. The van der Waals surface area contributed by atoms with E-state index in [9.17, 15) is 0 Å². The van der Waals surface area contributed by atoms with Crippen LogP contribution in [0.3, 0.4) is 0 Å². The van der Waals surface area contributed by atoms with E-state index in [0.717, 1.165) is 12.3 Å². The zero-order valence-electron chi connectivity index (χ0n) is 10.3. The van der Waals surface area contributed by atoms with Crippen molar-refractivity contribution < 1.29 is 0 Å². The largest absolute Gasteiger partial charge is 0.314 e. The molecule has 0 aromatic rings. The SMILES string of the molecule is C=CCC[C@H](C)NC[C@H]1CCCN(C)C1. The fourth-order valence-corrected chi connectivity index (χ4v) is 2.28. The van der Waals surface area contributed by atoms with Crippen LogP contribution in [0.2, 0.25) is 0 Å². The van der Waals surface area contributed by atoms with Gasteiger partial charge >= 0.3 is 0 Å². The van der Waals surface area contributed by atoms with Crippen molar-refractivity contribution in [1.29, 1.82) is 0 Å². The number of rotatable bonds is 6. The predicted octanol–water partition coefficient (Wildman–Crippen LogP) is 2.27. The summed E-state index contributed by atoms with van der Waals surface area (Å²) in [6.07, 6.45) is 7.10. The molecule has 88 valence electrons. The van der Waals surface area contributed by atoms with Gasteiger partial charge in [-0.2, -0.15) is 0 Å². The molecular weight excluding hydrogens is 184 g/mol. The van der Waals surface area contributed by atoms with E-state index in [2.05, 4.69) is 30.8 Å². The summed E-state index contributed by atoms with van der Waals surface area (Å²) in [6.45, 7) is 9.76. The van der Waals surface area contributed by atoms with Gasteiger partial charge in [0.1, 0.15) is 0 Å². The van der Waals surface area contributed by atoms with Gasteiger partial charge in [0.05, 0.1) is 0 Å². The van der Waals surface area contributed by atoms with Gasteiger partial charge in [-0.15, -0.1) is 6.58 Å². The van der Waals surface area contributed by atoms with Crippen LogP contribution in [0.1, 0.15) is 32.6 Å². The van der Waals surface area contributed by atoms with Gasteiger partial charge in [0.25, 0.3) is 0 Å². The Balaban J connectivity index is 2.10. The number of nitrogens with zero attached hydrogens (tertiary/aromatic N) is 1. The molecule has 15 heavy (non-hydrogen) atoms. The summed E-state index contributed by atoms with van der Waals surface area (Å²) < 4.78 is 0. The fraction of sp³-hybridized carbons (Fsp3) is 0.846. The van der Waals surface area contributed by atoms with Gasteiger partial charge in [0.15, 0.2) is 0 Å². The molecule has 1 fully saturated rings. The number of allylic oxidation sites excluding steroid dienone is 1. The fourth-order valence-electron chi connectivity index (χ4n) is 2.28. The normalized spacial score (nSPS) is 25.1. The molecule has 0 amide bonds. The van der Waals surface area contributed by atoms with Crippen LogP contribution in [-0.4, -0.2) is 37.6 Å². The lowest BCUT2D eigenvalue weighted by molar-refractivity contribution is 0.203. The summed E-state index contributed by atoms with van der Waals surface area (Å²) in [7, 11) is 2.23. The maximum atomic E-state index is 3.76. The molecule has 0 unspecified atom stereocenters. The molecule has 1 N–H and O–H groups in total. The Morgan fingerprint density at radius 2 is 2.40 bits per heavy atom. The molecule has 1 aliphatic heterocycles. The first kappa shape index (κ1) is 12.7. The number of piperidine rings is 1. The molecule has 0 aliphatic carbocycles. The molecule has 0 aromatic carbocycles. The van der Waals surface area contributed by atoms with Crippen LogP contribution in [0.25, 0.3) is 0 Å². The monoisotopic (exact) mass is 210 g/mol. The molecule has 0 bridgehead atoms. The maximum absolute atomic E-state index is 3.76. The zero-order valence-corrected chi connectivity index (χ0v) is 10.3. The Morgan fingerprint density at radius 1 is 1.60 bits per heavy atom. The third-order valence-electron chi connectivity index (χ3n) is 3.28. The minimum absolute atomic E-state index is 0.634. The minimum Gasteiger partial charge on any atom is -0.314 e. The van der Waals surface area contributed by atoms with E-state index < -0.39 is 0 Å². The van der Waals surface area contributed by atoms with Crippen molar-refractivity contribution in [1.82, 2.24) is 10.2 Å². The first-order valence-electron chi connectivity index (χ1n) is 6.25. The van der Waals surface area contributed by atoms with Gasteiger partial charge in [0.2, 0.25) is 0 Å². The second kappa shape index (κ2) is 7.02. The molecular formula is C13H26N2. The van der Waals surface area contributed by atoms with E-state index in [-0.39, 0.29) is 0 Å². The highest BCUT2D eigenvalue weighted by Crippen LogP contribution is 2.14. The van der Waals surface area contributed by atoms with Crippen molar-refractivity contribution in [3.05, 3.63) is 12.7 Å². The Bertz CT molecular complexity index is 179. The van der Waals surface area contributed by atoms with Crippen LogP contribution in [0.4, 0.5) is 0 Å². The van der Waals surface area contributed by atoms with E-state index in [1.54, 1.807) is 0 Å². The van der Waals surface area contributed by atoms with E-state index in [1.807, 2.05) is 6.08 Å². The third-order valence-corrected chi connectivity index (χ3v) is 3.28. The van der Waals surface area contributed by atoms with Crippen LogP contribution in [0.5, 0.6) is 0 Å². The summed E-state index contributed by atoms with van der Waals surface area (Å²) in [4.78, 5) is 2.45. The lowest BCUT2D eigenvalue weighted by Gasteiger charge is -2.30. The Hall–Kier alpha value is -0.340. The average molecular weight is 210 g/mol. The molecule has 0 saturated carbocycles. The zero-order chi connectivity index (χ0) is 11.1. The third kappa shape index (κ3) is 5.33. The van der Waals surface area contributed by atoms with E-state index in [4.69, 9.17) is 0 Å². The standard InChI is InChI=1S/C13H26N2/c1-4-5-7-12(2)14-10-13-8-6-9-15(3)11-13/h4,12-14H,1,5-11H2,2-3H3/t12-,13+/m0/s1. The van der Waals surface area contributed by atoms with Crippen LogP contribution in [-0.2, 0) is 0 Å². The first-order chi connectivity index (χ1) is 7.22.